The second-order valence-corrected chi connectivity index (χ2v) is 8.91. The lowest BCUT2D eigenvalue weighted by atomic mass is 10.2. The van der Waals surface area contributed by atoms with Gasteiger partial charge in [0.25, 0.3) is 0 Å². The van der Waals surface area contributed by atoms with Crippen LogP contribution in [-0.4, -0.2) is 35.9 Å². The normalized spacial score (nSPS) is 21.5. The molecule has 3 rings (SSSR count). The van der Waals surface area contributed by atoms with E-state index in [2.05, 4.69) is 28.3 Å². The molecule has 0 bridgehead atoms. The van der Waals surface area contributed by atoms with E-state index in [4.69, 9.17) is 11.6 Å². The first-order valence-electron chi connectivity index (χ1n) is 6.90. The zero-order chi connectivity index (χ0) is 15.0. The summed E-state index contributed by atoms with van der Waals surface area (Å²) in [5, 5.41) is 4.36. The summed E-state index contributed by atoms with van der Waals surface area (Å²) < 4.78 is 23.5. The first-order chi connectivity index (χ1) is 9.97. The number of hydrogen-bond acceptors (Lipinski definition) is 6. The van der Waals surface area contributed by atoms with E-state index >= 15 is 0 Å². The van der Waals surface area contributed by atoms with Crippen LogP contribution in [0.15, 0.2) is 6.07 Å². The molecule has 0 spiro atoms. The van der Waals surface area contributed by atoms with Gasteiger partial charge in [-0.1, -0.05) is 6.92 Å². The third kappa shape index (κ3) is 3.30. The molecule has 2 aromatic heterocycles. The van der Waals surface area contributed by atoms with E-state index in [1.807, 2.05) is 0 Å². The lowest BCUT2D eigenvalue weighted by Gasteiger charge is -2.23. The highest BCUT2D eigenvalue weighted by atomic mass is 35.5. The Morgan fingerprint density at radius 3 is 3.00 bits per heavy atom. The van der Waals surface area contributed by atoms with Crippen LogP contribution < -0.4 is 5.32 Å². The first kappa shape index (κ1) is 15.0. The molecule has 1 aliphatic rings. The third-order valence-corrected chi connectivity index (χ3v) is 6.73. The number of nitrogens with one attached hydrogen (secondary N) is 1. The molecule has 1 saturated heterocycles. The van der Waals surface area contributed by atoms with Crippen molar-refractivity contribution in [3.63, 3.8) is 0 Å². The molecule has 0 amide bonds. The van der Waals surface area contributed by atoms with E-state index < -0.39 is 9.84 Å². The van der Waals surface area contributed by atoms with Gasteiger partial charge in [0.2, 0.25) is 5.28 Å². The maximum atomic E-state index is 11.7. The largest absolute Gasteiger partial charge is 0.366 e. The molecular weight excluding hydrogens is 330 g/mol. The molecule has 0 aliphatic carbocycles. The minimum absolute atomic E-state index is 0.108. The van der Waals surface area contributed by atoms with Gasteiger partial charge in [-0.15, -0.1) is 11.3 Å². The average Bonchev–Trinajstić information content (AvgIpc) is 2.80. The van der Waals surface area contributed by atoms with Gasteiger partial charge in [-0.3, -0.25) is 0 Å². The summed E-state index contributed by atoms with van der Waals surface area (Å²) in [5.74, 6) is 1.08. The number of halogens is 1. The molecule has 8 heteroatoms. The van der Waals surface area contributed by atoms with Gasteiger partial charge in [0.15, 0.2) is 9.84 Å². The standard InChI is InChI=1S/C13H16ClN3O2S2/c1-2-9-6-10-11(16-13(14)17-12(10)20-9)15-8-4-3-5-21(18,19)7-8/h6,8H,2-5,7H2,1H3,(H,15,16,17). The maximum Gasteiger partial charge on any atom is 0.225 e. The van der Waals surface area contributed by atoms with Crippen molar-refractivity contribution in [3.05, 3.63) is 16.2 Å². The summed E-state index contributed by atoms with van der Waals surface area (Å²) >= 11 is 7.57. The predicted molar refractivity (Wildman–Crippen MR) is 87.1 cm³/mol. The molecule has 1 aliphatic heterocycles. The van der Waals surface area contributed by atoms with Crippen LogP contribution in [-0.2, 0) is 16.3 Å². The zero-order valence-corrected chi connectivity index (χ0v) is 14.0. The first-order valence-corrected chi connectivity index (χ1v) is 9.91. The Kier molecular flexibility index (Phi) is 4.07. The van der Waals surface area contributed by atoms with Gasteiger partial charge in [0.1, 0.15) is 10.6 Å². The molecule has 0 radical (unpaired) electrons. The van der Waals surface area contributed by atoms with Gasteiger partial charge in [-0.25, -0.2) is 18.4 Å². The molecular formula is C13H16ClN3O2S2. The van der Waals surface area contributed by atoms with Gasteiger partial charge in [0, 0.05) is 10.9 Å². The summed E-state index contributed by atoms with van der Waals surface area (Å²) in [5.41, 5.74) is 0. The summed E-state index contributed by atoms with van der Waals surface area (Å²) in [6.07, 6.45) is 2.44. The fourth-order valence-corrected chi connectivity index (χ4v) is 5.38. The van der Waals surface area contributed by atoms with Crippen LogP contribution >= 0.6 is 22.9 Å². The molecule has 0 aromatic carbocycles. The predicted octanol–water partition coefficient (Wildman–Crippen LogP) is 2.90. The molecule has 1 unspecified atom stereocenters. The van der Waals surface area contributed by atoms with Crippen molar-refractivity contribution in [3.8, 4) is 0 Å². The van der Waals surface area contributed by atoms with Gasteiger partial charge in [0.05, 0.1) is 16.9 Å². The molecule has 21 heavy (non-hydrogen) atoms. The Morgan fingerprint density at radius 1 is 1.48 bits per heavy atom. The summed E-state index contributed by atoms with van der Waals surface area (Å²) in [6.45, 7) is 2.08. The zero-order valence-electron chi connectivity index (χ0n) is 11.6. The second-order valence-electron chi connectivity index (χ2n) is 5.22. The summed E-state index contributed by atoms with van der Waals surface area (Å²) in [4.78, 5) is 10.5. The van der Waals surface area contributed by atoms with E-state index in [0.29, 0.717) is 12.2 Å². The topological polar surface area (TPSA) is 72.0 Å². The van der Waals surface area contributed by atoms with Crippen molar-refractivity contribution < 1.29 is 8.42 Å². The van der Waals surface area contributed by atoms with Crippen molar-refractivity contribution in [1.82, 2.24) is 9.97 Å². The Labute approximate surface area is 132 Å². The van der Waals surface area contributed by atoms with Crippen LogP contribution in [0, 0.1) is 0 Å². The highest BCUT2D eigenvalue weighted by Gasteiger charge is 2.25. The van der Waals surface area contributed by atoms with E-state index in [1.165, 1.54) is 4.88 Å². The smallest absolute Gasteiger partial charge is 0.225 e. The molecule has 114 valence electrons. The van der Waals surface area contributed by atoms with Gasteiger partial charge < -0.3 is 5.32 Å². The third-order valence-electron chi connectivity index (χ3n) is 3.57. The molecule has 3 heterocycles. The van der Waals surface area contributed by atoms with E-state index in [0.717, 1.165) is 23.1 Å². The summed E-state index contributed by atoms with van der Waals surface area (Å²) in [7, 11) is -2.95. The Morgan fingerprint density at radius 2 is 2.29 bits per heavy atom. The molecule has 2 aromatic rings. The fraction of sp³-hybridized carbons (Fsp3) is 0.538. The number of aryl methyl sites for hydroxylation is 1. The molecule has 1 atom stereocenters. The maximum absolute atomic E-state index is 11.7. The Bertz CT molecular complexity index is 773. The van der Waals surface area contributed by atoms with Crippen LogP contribution in [0.3, 0.4) is 0 Å². The monoisotopic (exact) mass is 345 g/mol. The van der Waals surface area contributed by atoms with Crippen molar-refractivity contribution >= 4 is 48.8 Å². The lowest BCUT2D eigenvalue weighted by molar-refractivity contribution is 0.561. The molecule has 1 N–H and O–H groups in total. The van der Waals surface area contributed by atoms with Crippen LogP contribution in [0.4, 0.5) is 5.82 Å². The van der Waals surface area contributed by atoms with Crippen LogP contribution in [0.5, 0.6) is 0 Å². The molecule has 1 fully saturated rings. The fourth-order valence-electron chi connectivity index (χ4n) is 2.56. The number of aromatic nitrogens is 2. The quantitative estimate of drug-likeness (QED) is 0.866. The van der Waals surface area contributed by atoms with Crippen molar-refractivity contribution in [2.24, 2.45) is 0 Å². The van der Waals surface area contributed by atoms with Gasteiger partial charge in [-0.2, -0.15) is 0 Å². The van der Waals surface area contributed by atoms with Crippen molar-refractivity contribution in [2.75, 3.05) is 16.8 Å². The molecule has 0 saturated carbocycles. The Balaban J connectivity index is 1.94. The number of thiophene rings is 1. The second kappa shape index (κ2) is 5.70. The van der Waals surface area contributed by atoms with E-state index in [-0.39, 0.29) is 22.8 Å². The number of hydrogen-bond donors (Lipinski definition) is 1. The minimum Gasteiger partial charge on any atom is -0.366 e. The van der Waals surface area contributed by atoms with Crippen molar-refractivity contribution in [2.45, 2.75) is 32.2 Å². The highest BCUT2D eigenvalue weighted by molar-refractivity contribution is 7.91. The highest BCUT2D eigenvalue weighted by Crippen LogP contribution is 2.31. The minimum atomic E-state index is -2.95. The number of rotatable bonds is 3. The number of nitrogens with zero attached hydrogens (tertiary/aromatic N) is 2. The number of fused-ring (bicyclic) bond motifs is 1. The number of anilines is 1. The lowest BCUT2D eigenvalue weighted by Crippen LogP contribution is -2.35. The van der Waals surface area contributed by atoms with Crippen LogP contribution in [0.1, 0.15) is 24.6 Å². The van der Waals surface area contributed by atoms with Gasteiger partial charge in [-0.05, 0) is 36.9 Å². The molecule has 5 nitrogen and oxygen atoms in total. The number of sulfone groups is 1. The van der Waals surface area contributed by atoms with E-state index in [1.54, 1.807) is 11.3 Å². The van der Waals surface area contributed by atoms with Gasteiger partial charge >= 0.3 is 0 Å². The van der Waals surface area contributed by atoms with Crippen LogP contribution in [0.2, 0.25) is 5.28 Å². The van der Waals surface area contributed by atoms with Crippen LogP contribution in [0.25, 0.3) is 10.2 Å². The Hall–Kier alpha value is -0.920. The van der Waals surface area contributed by atoms with Crippen molar-refractivity contribution in [1.29, 1.82) is 0 Å². The summed E-state index contributed by atoms with van der Waals surface area (Å²) in [6, 6.07) is 1.94. The van der Waals surface area contributed by atoms with E-state index in [9.17, 15) is 8.42 Å². The SMILES string of the molecule is CCc1cc2c(NC3CCCS(=O)(=O)C3)nc(Cl)nc2s1. The average molecular weight is 346 g/mol.